The van der Waals surface area contributed by atoms with Crippen molar-refractivity contribution < 1.29 is 22.7 Å². The molecule has 0 atom stereocenters. The number of ketones is 1. The molecule has 0 aromatic carbocycles. The highest BCUT2D eigenvalue weighted by atomic mass is 19.4. The standard InChI is InChI=1S/C20H18F3N3O2/c1-2-28-17-9-19-25-15(12-6-7-12)11-26(19)10-13(17)8-16(27)14-4-3-5-18(24-14)20(21,22)23/h3-5,9-12H,2,6-8H2,1H3. The van der Waals surface area contributed by atoms with Gasteiger partial charge in [0.15, 0.2) is 5.78 Å². The molecular weight excluding hydrogens is 371 g/mol. The number of imidazole rings is 1. The fourth-order valence-electron chi connectivity index (χ4n) is 3.09. The first-order valence-electron chi connectivity index (χ1n) is 9.07. The first-order valence-corrected chi connectivity index (χ1v) is 9.07. The Hall–Kier alpha value is -2.90. The van der Waals surface area contributed by atoms with E-state index in [-0.39, 0.29) is 12.1 Å². The van der Waals surface area contributed by atoms with E-state index in [4.69, 9.17) is 4.74 Å². The van der Waals surface area contributed by atoms with Crippen molar-refractivity contribution in [3.05, 3.63) is 59.3 Å². The van der Waals surface area contributed by atoms with Gasteiger partial charge in [-0.05, 0) is 31.9 Å². The molecule has 4 rings (SSSR count). The number of fused-ring (bicyclic) bond motifs is 1. The fraction of sp³-hybridized carbons (Fsp3) is 0.350. The lowest BCUT2D eigenvalue weighted by atomic mass is 10.1. The molecule has 3 aromatic heterocycles. The van der Waals surface area contributed by atoms with E-state index < -0.39 is 17.7 Å². The van der Waals surface area contributed by atoms with E-state index in [1.807, 2.05) is 17.5 Å². The number of carbonyl (C=O) groups is 1. The van der Waals surface area contributed by atoms with E-state index >= 15 is 0 Å². The second kappa shape index (κ2) is 6.92. The third-order valence-corrected chi connectivity index (χ3v) is 4.62. The molecule has 28 heavy (non-hydrogen) atoms. The zero-order valence-corrected chi connectivity index (χ0v) is 15.2. The Labute approximate surface area is 159 Å². The van der Waals surface area contributed by atoms with Gasteiger partial charge < -0.3 is 9.14 Å². The van der Waals surface area contributed by atoms with Gasteiger partial charge in [-0.3, -0.25) is 4.79 Å². The second-order valence-electron chi connectivity index (χ2n) is 6.81. The van der Waals surface area contributed by atoms with Crippen molar-refractivity contribution in [1.82, 2.24) is 14.4 Å². The highest BCUT2D eigenvalue weighted by Gasteiger charge is 2.33. The molecular formula is C20H18F3N3O2. The van der Waals surface area contributed by atoms with Crippen LogP contribution in [0.15, 0.2) is 36.7 Å². The zero-order chi connectivity index (χ0) is 19.9. The van der Waals surface area contributed by atoms with Crippen LogP contribution in [0.5, 0.6) is 5.75 Å². The monoisotopic (exact) mass is 389 g/mol. The molecule has 0 radical (unpaired) electrons. The minimum absolute atomic E-state index is 0.115. The number of alkyl halides is 3. The van der Waals surface area contributed by atoms with Crippen LogP contribution in [0.1, 0.15) is 53.1 Å². The number of Topliss-reactive ketones (excluding diaryl/α,β-unsaturated/α-hetero) is 1. The zero-order valence-electron chi connectivity index (χ0n) is 15.2. The van der Waals surface area contributed by atoms with Gasteiger partial charge in [0, 0.05) is 36.4 Å². The van der Waals surface area contributed by atoms with Crippen LogP contribution >= 0.6 is 0 Å². The Morgan fingerprint density at radius 3 is 2.71 bits per heavy atom. The Balaban J connectivity index is 1.66. The van der Waals surface area contributed by atoms with Crippen molar-refractivity contribution in [2.75, 3.05) is 6.61 Å². The Bertz CT molecular complexity index is 1040. The highest BCUT2D eigenvalue weighted by Crippen LogP contribution is 2.39. The van der Waals surface area contributed by atoms with E-state index in [1.165, 1.54) is 12.1 Å². The third-order valence-electron chi connectivity index (χ3n) is 4.62. The topological polar surface area (TPSA) is 56.5 Å². The predicted molar refractivity (Wildman–Crippen MR) is 95.6 cm³/mol. The summed E-state index contributed by atoms with van der Waals surface area (Å²) in [5.74, 6) is 0.479. The molecule has 0 bridgehead atoms. The summed E-state index contributed by atoms with van der Waals surface area (Å²) in [6.07, 6.45) is 1.21. The maximum absolute atomic E-state index is 12.9. The SMILES string of the molecule is CCOc1cc2nc(C3CC3)cn2cc1CC(=O)c1cccc(C(F)(F)F)n1. The van der Waals surface area contributed by atoms with Crippen LogP contribution < -0.4 is 4.74 Å². The van der Waals surface area contributed by atoms with Crippen LogP contribution in [0.4, 0.5) is 13.2 Å². The number of nitrogens with zero attached hydrogens (tertiary/aromatic N) is 3. The molecule has 1 fully saturated rings. The van der Waals surface area contributed by atoms with Crippen LogP contribution in [0, 0.1) is 0 Å². The summed E-state index contributed by atoms with van der Waals surface area (Å²) in [6.45, 7) is 2.22. The highest BCUT2D eigenvalue weighted by molar-refractivity contribution is 5.96. The summed E-state index contributed by atoms with van der Waals surface area (Å²) in [7, 11) is 0. The first kappa shape index (κ1) is 18.5. The number of rotatable bonds is 6. The van der Waals surface area contributed by atoms with Gasteiger partial charge in [0.25, 0.3) is 0 Å². The molecule has 1 aliphatic carbocycles. The number of hydrogen-bond donors (Lipinski definition) is 0. The van der Waals surface area contributed by atoms with Crippen molar-refractivity contribution in [1.29, 1.82) is 0 Å². The lowest BCUT2D eigenvalue weighted by molar-refractivity contribution is -0.141. The fourth-order valence-corrected chi connectivity index (χ4v) is 3.09. The smallest absolute Gasteiger partial charge is 0.433 e. The van der Waals surface area contributed by atoms with E-state index in [9.17, 15) is 18.0 Å². The van der Waals surface area contributed by atoms with Crippen LogP contribution in [0.3, 0.4) is 0 Å². The van der Waals surface area contributed by atoms with Crippen LogP contribution in [-0.2, 0) is 12.6 Å². The first-order chi connectivity index (χ1) is 13.3. The molecule has 146 valence electrons. The summed E-state index contributed by atoms with van der Waals surface area (Å²) in [4.78, 5) is 20.7. The molecule has 8 heteroatoms. The number of hydrogen-bond acceptors (Lipinski definition) is 4. The number of ether oxygens (including phenoxy) is 1. The maximum Gasteiger partial charge on any atom is 0.433 e. The summed E-state index contributed by atoms with van der Waals surface area (Å²) in [5.41, 5.74) is 1.01. The van der Waals surface area contributed by atoms with Crippen molar-refractivity contribution in [2.24, 2.45) is 0 Å². The summed E-state index contributed by atoms with van der Waals surface area (Å²) in [5, 5.41) is 0. The number of pyridine rings is 2. The summed E-state index contributed by atoms with van der Waals surface area (Å²) < 4.78 is 46.1. The molecule has 0 N–H and O–H groups in total. The molecule has 3 heterocycles. The lowest BCUT2D eigenvalue weighted by Gasteiger charge is -2.11. The van der Waals surface area contributed by atoms with E-state index in [0.717, 1.165) is 30.2 Å². The largest absolute Gasteiger partial charge is 0.493 e. The van der Waals surface area contributed by atoms with Crippen LogP contribution in [-0.4, -0.2) is 26.8 Å². The van der Waals surface area contributed by atoms with Crippen molar-refractivity contribution >= 4 is 11.4 Å². The van der Waals surface area contributed by atoms with Crippen molar-refractivity contribution in [3.8, 4) is 5.75 Å². The number of halogens is 3. The van der Waals surface area contributed by atoms with Gasteiger partial charge in [-0.2, -0.15) is 13.2 Å². The Morgan fingerprint density at radius 2 is 2.04 bits per heavy atom. The summed E-state index contributed by atoms with van der Waals surface area (Å²) in [6, 6.07) is 5.09. The minimum Gasteiger partial charge on any atom is -0.493 e. The molecule has 3 aromatic rings. The van der Waals surface area contributed by atoms with E-state index in [0.29, 0.717) is 23.8 Å². The van der Waals surface area contributed by atoms with Gasteiger partial charge in [0.05, 0.1) is 12.3 Å². The minimum atomic E-state index is -4.60. The van der Waals surface area contributed by atoms with Gasteiger partial charge in [-0.15, -0.1) is 0 Å². The molecule has 5 nitrogen and oxygen atoms in total. The normalized spacial score (nSPS) is 14.4. The quantitative estimate of drug-likeness (QED) is 0.585. The van der Waals surface area contributed by atoms with E-state index in [1.54, 1.807) is 12.3 Å². The summed E-state index contributed by atoms with van der Waals surface area (Å²) >= 11 is 0. The van der Waals surface area contributed by atoms with E-state index in [2.05, 4.69) is 9.97 Å². The molecule has 0 unspecified atom stereocenters. The molecule has 0 aliphatic heterocycles. The Morgan fingerprint density at radius 1 is 1.25 bits per heavy atom. The number of aromatic nitrogens is 3. The third kappa shape index (κ3) is 3.72. The van der Waals surface area contributed by atoms with Gasteiger partial charge in [0.1, 0.15) is 22.8 Å². The average Bonchev–Trinajstić information content (AvgIpc) is 3.42. The lowest BCUT2D eigenvalue weighted by Crippen LogP contribution is -2.13. The molecule has 0 spiro atoms. The second-order valence-corrected chi connectivity index (χ2v) is 6.81. The van der Waals surface area contributed by atoms with Crippen LogP contribution in [0.25, 0.3) is 5.65 Å². The van der Waals surface area contributed by atoms with Crippen molar-refractivity contribution in [2.45, 2.75) is 38.3 Å². The van der Waals surface area contributed by atoms with Gasteiger partial charge in [-0.1, -0.05) is 6.07 Å². The molecule has 1 aliphatic rings. The van der Waals surface area contributed by atoms with Crippen molar-refractivity contribution in [3.63, 3.8) is 0 Å². The van der Waals surface area contributed by atoms with Crippen LogP contribution in [0.2, 0.25) is 0 Å². The molecule has 1 saturated carbocycles. The van der Waals surface area contributed by atoms with Gasteiger partial charge in [-0.25, -0.2) is 9.97 Å². The maximum atomic E-state index is 12.9. The Kier molecular flexibility index (Phi) is 4.56. The molecule has 0 amide bonds. The van der Waals surface area contributed by atoms with Gasteiger partial charge in [0.2, 0.25) is 0 Å². The van der Waals surface area contributed by atoms with Gasteiger partial charge >= 0.3 is 6.18 Å². The average molecular weight is 389 g/mol. The number of carbonyl (C=O) groups excluding carboxylic acids is 1. The predicted octanol–water partition coefficient (Wildman–Crippen LogP) is 4.45. The molecule has 0 saturated heterocycles.